The summed E-state index contributed by atoms with van der Waals surface area (Å²) in [4.78, 5) is 33.6. The maximum atomic E-state index is 13.1. The molecule has 10 heteroatoms. The molecule has 2 N–H and O–H groups in total. The van der Waals surface area contributed by atoms with Crippen LogP contribution in [0.15, 0.2) is 66.1 Å². The van der Waals surface area contributed by atoms with E-state index >= 15 is 0 Å². The number of thioether (sulfide) groups is 1. The van der Waals surface area contributed by atoms with Gasteiger partial charge >= 0.3 is 0 Å². The Morgan fingerprint density at radius 3 is 2.65 bits per heavy atom. The van der Waals surface area contributed by atoms with E-state index in [4.69, 9.17) is 0 Å². The summed E-state index contributed by atoms with van der Waals surface area (Å²) in [6.45, 7) is 0. The summed E-state index contributed by atoms with van der Waals surface area (Å²) >= 11 is 1.26. The molecule has 0 bridgehead atoms. The Balaban J connectivity index is 1.43. The minimum atomic E-state index is -0.414. The first-order valence-corrected chi connectivity index (χ1v) is 10.2. The lowest BCUT2D eigenvalue weighted by molar-refractivity contribution is -0.113. The molecule has 0 aliphatic heterocycles. The molecular weight excluding hydrogens is 419 g/mol. The third-order valence-electron chi connectivity index (χ3n) is 4.38. The quantitative estimate of drug-likeness (QED) is 0.354. The topological polar surface area (TPSA) is 102 Å². The number of hydrogen-bond donors (Lipinski definition) is 2. The number of nitrogens with zero attached hydrogens (tertiary/aromatic N) is 4. The minimum Gasteiger partial charge on any atom is -0.325 e. The highest BCUT2D eigenvalue weighted by atomic mass is 32.2. The molecule has 4 rings (SSSR count). The van der Waals surface area contributed by atoms with Gasteiger partial charge in [-0.1, -0.05) is 23.9 Å². The predicted molar refractivity (Wildman–Crippen MR) is 116 cm³/mol. The molecular formula is C21H17FN6O2S. The predicted octanol–water partition coefficient (Wildman–Crippen LogP) is 3.49. The zero-order valence-corrected chi connectivity index (χ0v) is 17.2. The standard InChI is InChI=1S/C21H17FN6O2S/c1-28-19-16(10-25-28)21(24-12-23-19)31-11-18(29)27-17-5-3-2-4-15(17)20(30)26-14-8-6-13(22)7-9-14/h2-10,12H,11H2,1H3,(H,26,30)(H,27,29). The number of benzene rings is 2. The number of carbonyl (C=O) groups is 2. The van der Waals surface area contributed by atoms with Gasteiger partial charge in [-0.3, -0.25) is 14.3 Å². The summed E-state index contributed by atoms with van der Waals surface area (Å²) in [5.74, 6) is -1.00. The molecule has 0 radical (unpaired) electrons. The van der Waals surface area contributed by atoms with E-state index in [1.54, 1.807) is 42.2 Å². The van der Waals surface area contributed by atoms with Crippen molar-refractivity contribution in [3.8, 4) is 0 Å². The van der Waals surface area contributed by atoms with Crippen LogP contribution in [0.3, 0.4) is 0 Å². The first kappa shape index (κ1) is 20.5. The highest BCUT2D eigenvalue weighted by Crippen LogP contribution is 2.24. The van der Waals surface area contributed by atoms with E-state index in [-0.39, 0.29) is 11.7 Å². The first-order valence-electron chi connectivity index (χ1n) is 9.22. The molecule has 0 spiro atoms. The summed E-state index contributed by atoms with van der Waals surface area (Å²) in [7, 11) is 1.78. The van der Waals surface area contributed by atoms with E-state index in [1.165, 1.54) is 42.4 Å². The average molecular weight is 436 g/mol. The van der Waals surface area contributed by atoms with Crippen molar-refractivity contribution < 1.29 is 14.0 Å². The number of anilines is 2. The lowest BCUT2D eigenvalue weighted by Crippen LogP contribution is -2.19. The second-order valence-electron chi connectivity index (χ2n) is 6.53. The molecule has 31 heavy (non-hydrogen) atoms. The number of hydrogen-bond acceptors (Lipinski definition) is 6. The number of para-hydroxylation sites is 1. The van der Waals surface area contributed by atoms with Crippen molar-refractivity contribution in [1.82, 2.24) is 19.7 Å². The van der Waals surface area contributed by atoms with E-state index in [2.05, 4.69) is 25.7 Å². The van der Waals surface area contributed by atoms with Gasteiger partial charge in [-0.2, -0.15) is 5.10 Å². The molecule has 0 saturated carbocycles. The second-order valence-corrected chi connectivity index (χ2v) is 7.49. The number of nitrogens with one attached hydrogen (secondary N) is 2. The van der Waals surface area contributed by atoms with Crippen molar-refractivity contribution in [2.45, 2.75) is 5.03 Å². The molecule has 0 atom stereocenters. The van der Waals surface area contributed by atoms with Gasteiger partial charge in [0.15, 0.2) is 5.65 Å². The number of aromatic nitrogens is 4. The first-order chi connectivity index (χ1) is 15.0. The lowest BCUT2D eigenvalue weighted by Gasteiger charge is -2.11. The number of halogens is 1. The van der Waals surface area contributed by atoms with Crippen molar-refractivity contribution in [3.63, 3.8) is 0 Å². The number of rotatable bonds is 6. The number of aryl methyl sites for hydroxylation is 1. The monoisotopic (exact) mass is 436 g/mol. The minimum absolute atomic E-state index is 0.0922. The maximum Gasteiger partial charge on any atom is 0.257 e. The number of amides is 2. The highest BCUT2D eigenvalue weighted by molar-refractivity contribution is 8.00. The van der Waals surface area contributed by atoms with Crippen LogP contribution in [-0.2, 0) is 11.8 Å². The molecule has 156 valence electrons. The molecule has 2 aromatic heterocycles. The Morgan fingerprint density at radius 1 is 1.06 bits per heavy atom. The van der Waals surface area contributed by atoms with E-state index in [1.807, 2.05) is 0 Å². The third kappa shape index (κ3) is 4.69. The zero-order valence-electron chi connectivity index (χ0n) is 16.4. The van der Waals surface area contributed by atoms with E-state index in [0.717, 1.165) is 5.39 Å². The van der Waals surface area contributed by atoms with Gasteiger partial charge in [-0.15, -0.1) is 0 Å². The van der Waals surface area contributed by atoms with Crippen LogP contribution < -0.4 is 10.6 Å². The van der Waals surface area contributed by atoms with Crippen molar-refractivity contribution in [1.29, 1.82) is 0 Å². The molecule has 0 saturated heterocycles. The Kier molecular flexibility index (Phi) is 5.89. The Morgan fingerprint density at radius 2 is 1.84 bits per heavy atom. The van der Waals surface area contributed by atoms with E-state index < -0.39 is 11.7 Å². The van der Waals surface area contributed by atoms with E-state index in [9.17, 15) is 14.0 Å². The summed E-state index contributed by atoms with van der Waals surface area (Å²) in [6, 6.07) is 12.1. The lowest BCUT2D eigenvalue weighted by atomic mass is 10.1. The van der Waals surface area contributed by atoms with Gasteiger partial charge in [0.2, 0.25) is 5.91 Å². The fourth-order valence-electron chi connectivity index (χ4n) is 2.90. The van der Waals surface area contributed by atoms with Gasteiger partial charge in [0.05, 0.1) is 28.6 Å². The van der Waals surface area contributed by atoms with Gasteiger partial charge in [0.25, 0.3) is 5.91 Å². The summed E-state index contributed by atoms with van der Waals surface area (Å²) in [5.41, 5.74) is 1.80. The summed E-state index contributed by atoms with van der Waals surface area (Å²) in [6.07, 6.45) is 3.09. The van der Waals surface area contributed by atoms with Gasteiger partial charge in [0.1, 0.15) is 17.2 Å². The summed E-state index contributed by atoms with van der Waals surface area (Å²) in [5, 5.41) is 11.0. The van der Waals surface area contributed by atoms with Crippen LogP contribution in [-0.4, -0.2) is 37.3 Å². The smallest absolute Gasteiger partial charge is 0.257 e. The Labute approximate surface area is 180 Å². The van der Waals surface area contributed by atoms with E-state index in [0.29, 0.717) is 27.6 Å². The normalized spacial score (nSPS) is 10.8. The zero-order chi connectivity index (χ0) is 21.8. The average Bonchev–Trinajstić information content (AvgIpc) is 3.16. The number of carbonyl (C=O) groups excluding carboxylic acids is 2. The molecule has 8 nitrogen and oxygen atoms in total. The maximum absolute atomic E-state index is 13.1. The highest BCUT2D eigenvalue weighted by Gasteiger charge is 2.15. The third-order valence-corrected chi connectivity index (χ3v) is 5.39. The van der Waals surface area contributed by atoms with Crippen LogP contribution in [0, 0.1) is 5.82 Å². The van der Waals surface area contributed by atoms with Crippen LogP contribution in [0.25, 0.3) is 11.0 Å². The van der Waals surface area contributed by atoms with Crippen LogP contribution in [0.1, 0.15) is 10.4 Å². The SMILES string of the molecule is Cn1ncc2c(SCC(=O)Nc3ccccc3C(=O)Nc3ccc(F)cc3)ncnc21. The molecule has 0 aliphatic carbocycles. The molecule has 2 heterocycles. The largest absolute Gasteiger partial charge is 0.325 e. The molecule has 4 aromatic rings. The Bertz CT molecular complexity index is 1260. The molecule has 0 aliphatic rings. The molecule has 0 fully saturated rings. The van der Waals surface area contributed by atoms with Gasteiger partial charge in [-0.25, -0.2) is 14.4 Å². The molecule has 0 unspecified atom stereocenters. The van der Waals surface area contributed by atoms with Crippen molar-refractivity contribution >= 4 is 46.0 Å². The number of fused-ring (bicyclic) bond motifs is 1. The second kappa shape index (κ2) is 8.92. The van der Waals surface area contributed by atoms with Crippen LogP contribution in [0.4, 0.5) is 15.8 Å². The fraction of sp³-hybridized carbons (Fsp3) is 0.0952. The van der Waals surface area contributed by atoms with Crippen LogP contribution in [0.5, 0.6) is 0 Å². The molecule has 2 aromatic carbocycles. The van der Waals surface area contributed by atoms with Gasteiger partial charge in [-0.05, 0) is 36.4 Å². The Hall–Kier alpha value is -3.79. The fourth-order valence-corrected chi connectivity index (χ4v) is 3.66. The van der Waals surface area contributed by atoms with Crippen LogP contribution >= 0.6 is 11.8 Å². The van der Waals surface area contributed by atoms with Crippen molar-refractivity contribution in [3.05, 3.63) is 72.4 Å². The molecule has 2 amide bonds. The van der Waals surface area contributed by atoms with Crippen molar-refractivity contribution in [2.24, 2.45) is 7.05 Å². The van der Waals surface area contributed by atoms with Gasteiger partial charge in [0, 0.05) is 12.7 Å². The van der Waals surface area contributed by atoms with Gasteiger partial charge < -0.3 is 10.6 Å². The van der Waals surface area contributed by atoms with Crippen LogP contribution in [0.2, 0.25) is 0 Å². The summed E-state index contributed by atoms with van der Waals surface area (Å²) < 4.78 is 14.7. The van der Waals surface area contributed by atoms with Crippen molar-refractivity contribution in [2.75, 3.05) is 16.4 Å².